The number of aryl methyl sites for hydroxylation is 1. The lowest BCUT2D eigenvalue weighted by atomic mass is 9.83. The molecule has 34 heavy (non-hydrogen) atoms. The van der Waals surface area contributed by atoms with E-state index in [4.69, 9.17) is 0 Å². The van der Waals surface area contributed by atoms with Crippen molar-refractivity contribution < 1.29 is 18.0 Å². The van der Waals surface area contributed by atoms with Crippen molar-refractivity contribution in [1.29, 1.82) is 5.26 Å². The Labute approximate surface area is 207 Å². The number of carbonyl (C=O) groups is 1. The van der Waals surface area contributed by atoms with Crippen molar-refractivity contribution in [2.45, 2.75) is 32.1 Å². The number of alkyl halides is 4. The van der Waals surface area contributed by atoms with Crippen LogP contribution in [0.2, 0.25) is 0 Å². The summed E-state index contributed by atoms with van der Waals surface area (Å²) in [6.45, 7) is 2.68. The Balaban J connectivity index is 1.87. The lowest BCUT2D eigenvalue weighted by molar-refractivity contribution is -0.141. The Hall–Kier alpha value is -2.90. The Morgan fingerprint density at radius 2 is 2.09 bits per heavy atom. The molecule has 3 aromatic rings. The lowest BCUT2D eigenvalue weighted by Crippen LogP contribution is -2.37. The molecule has 0 radical (unpaired) electrons. The smallest absolute Gasteiger partial charge is 0.333 e. The average Bonchev–Trinajstić information content (AvgIpc) is 3.46. The molecule has 2 aromatic heterocycles. The highest BCUT2D eigenvalue weighted by Gasteiger charge is 2.39. The van der Waals surface area contributed by atoms with Gasteiger partial charge in [0, 0.05) is 41.0 Å². The summed E-state index contributed by atoms with van der Waals surface area (Å²) < 4.78 is 42.9. The van der Waals surface area contributed by atoms with Crippen LogP contribution in [0.15, 0.2) is 48.7 Å². The molecule has 0 saturated carbocycles. The summed E-state index contributed by atoms with van der Waals surface area (Å²) >= 11 is 4.57. The summed E-state index contributed by atoms with van der Waals surface area (Å²) in [5, 5.41) is 13.8. The first-order chi connectivity index (χ1) is 16.3. The van der Waals surface area contributed by atoms with Crippen LogP contribution in [0.4, 0.5) is 13.2 Å². The molecule has 0 N–H and O–H groups in total. The normalized spacial score (nSPS) is 16.0. The number of hydrogen-bond donors (Lipinski definition) is 0. The van der Waals surface area contributed by atoms with Gasteiger partial charge in [-0.3, -0.25) is 9.48 Å². The van der Waals surface area contributed by atoms with Crippen LogP contribution in [0, 0.1) is 11.3 Å². The van der Waals surface area contributed by atoms with E-state index in [0.717, 1.165) is 10.4 Å². The maximum Gasteiger partial charge on any atom is 0.435 e. The fourth-order valence-corrected chi connectivity index (χ4v) is 5.42. The monoisotopic (exact) mass is 548 g/mol. The Kier molecular flexibility index (Phi) is 6.96. The second kappa shape index (κ2) is 9.76. The number of thiophene rings is 1. The molecular formula is C24H20BrF3N4OS. The van der Waals surface area contributed by atoms with E-state index in [-0.39, 0.29) is 17.4 Å². The SMILES string of the molecule is CCn1cc(-c2ccccc2[C@@H]2CN(C(=O)/C=C/CBr)Cc3sc(C#N)cc32)c(C(F)(F)F)n1. The van der Waals surface area contributed by atoms with Gasteiger partial charge >= 0.3 is 6.18 Å². The van der Waals surface area contributed by atoms with Gasteiger partial charge in [-0.1, -0.05) is 46.3 Å². The summed E-state index contributed by atoms with van der Waals surface area (Å²) in [7, 11) is 0. The van der Waals surface area contributed by atoms with E-state index in [1.165, 1.54) is 28.3 Å². The molecule has 1 aliphatic heterocycles. The third-order valence-corrected chi connectivity index (χ3v) is 7.12. The van der Waals surface area contributed by atoms with Crippen molar-refractivity contribution in [3.05, 3.63) is 75.3 Å². The van der Waals surface area contributed by atoms with Gasteiger partial charge in [0.1, 0.15) is 10.9 Å². The molecule has 0 bridgehead atoms. The second-order valence-corrected chi connectivity index (χ2v) is 9.55. The van der Waals surface area contributed by atoms with Crippen LogP contribution in [0.5, 0.6) is 0 Å². The van der Waals surface area contributed by atoms with E-state index in [9.17, 15) is 23.2 Å². The van der Waals surface area contributed by atoms with Crippen LogP contribution in [0.3, 0.4) is 0 Å². The zero-order valence-electron chi connectivity index (χ0n) is 18.1. The number of nitrogens with zero attached hydrogens (tertiary/aromatic N) is 4. The van der Waals surface area contributed by atoms with Gasteiger partial charge in [-0.25, -0.2) is 0 Å². The van der Waals surface area contributed by atoms with Crippen LogP contribution in [0.25, 0.3) is 11.1 Å². The largest absolute Gasteiger partial charge is 0.435 e. The van der Waals surface area contributed by atoms with Gasteiger partial charge in [0.25, 0.3) is 0 Å². The number of allylic oxidation sites excluding steroid dienone is 1. The zero-order chi connectivity index (χ0) is 24.5. The highest BCUT2D eigenvalue weighted by atomic mass is 79.9. The maximum absolute atomic E-state index is 13.9. The van der Waals surface area contributed by atoms with Crippen molar-refractivity contribution in [2.75, 3.05) is 11.9 Å². The number of halogens is 4. The van der Waals surface area contributed by atoms with E-state index < -0.39 is 11.9 Å². The Morgan fingerprint density at radius 3 is 2.76 bits per heavy atom. The molecule has 3 heterocycles. The van der Waals surface area contributed by atoms with Gasteiger partial charge in [-0.2, -0.15) is 23.5 Å². The average molecular weight is 549 g/mol. The highest BCUT2D eigenvalue weighted by Crippen LogP contribution is 2.44. The molecule has 1 amide bonds. The van der Waals surface area contributed by atoms with Crippen LogP contribution in [-0.4, -0.2) is 32.5 Å². The number of fused-ring (bicyclic) bond motifs is 1. The standard InChI is InChI=1S/C24H20BrF3N4OS/c1-2-32-13-20(23(30-32)24(26,27)28)17-7-4-3-6-16(17)19-12-31(22(33)8-5-9-25)14-21-18(19)10-15(11-29)34-21/h3-8,10,13,19H,2,9,12,14H2,1H3/b8-5+/t19-/m0/s1. The first-order valence-corrected chi connectivity index (χ1v) is 12.5. The van der Waals surface area contributed by atoms with Crippen LogP contribution in [0.1, 0.15) is 39.4 Å². The molecule has 0 unspecified atom stereocenters. The van der Waals surface area contributed by atoms with E-state index in [1.54, 1.807) is 48.2 Å². The predicted molar refractivity (Wildman–Crippen MR) is 128 cm³/mol. The number of carbonyl (C=O) groups excluding carboxylic acids is 1. The predicted octanol–water partition coefficient (Wildman–Crippen LogP) is 5.95. The first kappa shape index (κ1) is 24.2. The van der Waals surface area contributed by atoms with Crippen LogP contribution in [-0.2, 0) is 24.1 Å². The fourth-order valence-electron chi connectivity index (χ4n) is 4.19. The van der Waals surface area contributed by atoms with E-state index in [0.29, 0.717) is 41.0 Å². The van der Waals surface area contributed by atoms with Crippen molar-refractivity contribution in [3.8, 4) is 17.2 Å². The van der Waals surface area contributed by atoms with Gasteiger partial charge in [0.05, 0.1) is 6.54 Å². The number of amides is 1. The van der Waals surface area contributed by atoms with Gasteiger partial charge in [0.2, 0.25) is 5.91 Å². The van der Waals surface area contributed by atoms with Crippen LogP contribution >= 0.6 is 27.3 Å². The molecule has 1 aromatic carbocycles. The highest BCUT2D eigenvalue weighted by molar-refractivity contribution is 9.09. The Morgan fingerprint density at radius 1 is 1.32 bits per heavy atom. The molecule has 0 spiro atoms. The molecular weight excluding hydrogens is 529 g/mol. The van der Waals surface area contributed by atoms with Crippen molar-refractivity contribution in [3.63, 3.8) is 0 Å². The van der Waals surface area contributed by atoms with Gasteiger partial charge in [-0.15, -0.1) is 11.3 Å². The molecule has 1 aliphatic rings. The minimum atomic E-state index is -4.61. The van der Waals surface area contributed by atoms with Gasteiger partial charge in [-0.05, 0) is 35.8 Å². The number of benzene rings is 1. The number of hydrogen-bond acceptors (Lipinski definition) is 4. The van der Waals surface area contributed by atoms with E-state index in [1.807, 2.05) is 0 Å². The number of nitriles is 1. The van der Waals surface area contributed by atoms with E-state index >= 15 is 0 Å². The molecule has 10 heteroatoms. The van der Waals surface area contributed by atoms with Gasteiger partial charge in [0.15, 0.2) is 5.69 Å². The topological polar surface area (TPSA) is 61.9 Å². The minimum Gasteiger partial charge on any atom is -0.333 e. The lowest BCUT2D eigenvalue weighted by Gasteiger charge is -2.33. The van der Waals surface area contributed by atoms with Crippen LogP contribution < -0.4 is 0 Å². The molecule has 0 aliphatic carbocycles. The molecule has 5 nitrogen and oxygen atoms in total. The summed E-state index contributed by atoms with van der Waals surface area (Å²) in [5.74, 6) is -0.569. The number of rotatable bonds is 5. The minimum absolute atomic E-state index is 0.00451. The molecule has 176 valence electrons. The maximum atomic E-state index is 13.9. The summed E-state index contributed by atoms with van der Waals surface area (Å²) in [6.07, 6.45) is -0.0138. The summed E-state index contributed by atoms with van der Waals surface area (Å²) in [4.78, 5) is 15.8. The third kappa shape index (κ3) is 4.68. The molecule has 0 fully saturated rings. The first-order valence-electron chi connectivity index (χ1n) is 10.5. The Bertz CT molecular complexity index is 1290. The molecule has 0 saturated heterocycles. The van der Waals surface area contributed by atoms with Crippen molar-refractivity contribution >= 4 is 33.2 Å². The molecule has 4 rings (SSSR count). The fraction of sp³-hybridized carbons (Fsp3) is 0.292. The van der Waals surface area contributed by atoms with Crippen molar-refractivity contribution in [2.24, 2.45) is 0 Å². The second-order valence-electron chi connectivity index (χ2n) is 7.76. The van der Waals surface area contributed by atoms with Gasteiger partial charge < -0.3 is 4.90 Å². The van der Waals surface area contributed by atoms with Crippen molar-refractivity contribution in [1.82, 2.24) is 14.7 Å². The third-order valence-electron chi connectivity index (χ3n) is 5.71. The summed E-state index contributed by atoms with van der Waals surface area (Å²) in [5.41, 5.74) is 1.02. The zero-order valence-corrected chi connectivity index (χ0v) is 20.5. The number of aromatic nitrogens is 2. The van der Waals surface area contributed by atoms with E-state index in [2.05, 4.69) is 27.1 Å². The quantitative estimate of drug-likeness (QED) is 0.292. The summed E-state index contributed by atoms with van der Waals surface area (Å²) in [6, 6.07) is 10.9. The molecule has 1 atom stereocenters.